The first kappa shape index (κ1) is 15.5. The molecule has 0 amide bonds. The van der Waals surface area contributed by atoms with Gasteiger partial charge >= 0.3 is 5.97 Å². The van der Waals surface area contributed by atoms with Gasteiger partial charge in [0, 0.05) is 6.54 Å². The van der Waals surface area contributed by atoms with Gasteiger partial charge in [-0.3, -0.25) is 5.01 Å². The lowest BCUT2D eigenvalue weighted by atomic mass is 9.94. The molecule has 1 aromatic rings. The number of carbonyl (C=O) groups excluding carboxylic acids is 1. The second-order valence-corrected chi connectivity index (χ2v) is 5.13. The molecule has 4 nitrogen and oxygen atoms in total. The monoisotopic (exact) mass is 292 g/mol. The Morgan fingerprint density at radius 2 is 2.33 bits per heavy atom. The molecular formula is C16H21FN2O2. The van der Waals surface area contributed by atoms with E-state index in [1.807, 2.05) is 6.92 Å². The van der Waals surface area contributed by atoms with Gasteiger partial charge in [-0.2, -0.15) is 5.10 Å². The van der Waals surface area contributed by atoms with E-state index in [2.05, 4.69) is 5.10 Å². The van der Waals surface area contributed by atoms with Gasteiger partial charge in [0.25, 0.3) is 0 Å². The fourth-order valence-corrected chi connectivity index (χ4v) is 2.73. The minimum Gasteiger partial charge on any atom is -0.464 e. The molecule has 0 spiro atoms. The van der Waals surface area contributed by atoms with Crippen molar-refractivity contribution < 1.29 is 13.9 Å². The molecule has 1 aliphatic rings. The molecule has 1 aromatic carbocycles. The molecule has 5 heteroatoms. The molecule has 21 heavy (non-hydrogen) atoms. The molecule has 1 atom stereocenters. The molecule has 0 aliphatic carbocycles. The van der Waals surface area contributed by atoms with Crippen LogP contribution in [0.15, 0.2) is 29.4 Å². The zero-order valence-electron chi connectivity index (χ0n) is 12.5. The number of benzene rings is 1. The summed E-state index contributed by atoms with van der Waals surface area (Å²) in [5.41, 5.74) is -0.00409. The highest BCUT2D eigenvalue weighted by molar-refractivity contribution is 5.82. The largest absolute Gasteiger partial charge is 0.464 e. The number of hydrogen-bond acceptors (Lipinski definition) is 4. The molecule has 0 bridgehead atoms. The summed E-state index contributed by atoms with van der Waals surface area (Å²) < 4.78 is 18.4. The Morgan fingerprint density at radius 3 is 3.00 bits per heavy atom. The molecule has 0 radical (unpaired) electrons. The third kappa shape index (κ3) is 3.23. The van der Waals surface area contributed by atoms with Gasteiger partial charge in [0.15, 0.2) is 5.54 Å². The van der Waals surface area contributed by atoms with Crippen LogP contribution in [0.2, 0.25) is 0 Å². The highest BCUT2D eigenvalue weighted by Gasteiger charge is 2.47. The molecule has 2 rings (SSSR count). The summed E-state index contributed by atoms with van der Waals surface area (Å²) >= 11 is 0. The van der Waals surface area contributed by atoms with Crippen molar-refractivity contribution in [2.75, 3.05) is 13.2 Å². The third-order valence-corrected chi connectivity index (χ3v) is 3.89. The Morgan fingerprint density at radius 1 is 1.52 bits per heavy atom. The van der Waals surface area contributed by atoms with Crippen LogP contribution in [0.4, 0.5) is 4.39 Å². The van der Waals surface area contributed by atoms with Crippen molar-refractivity contribution in [3.05, 3.63) is 35.6 Å². The van der Waals surface area contributed by atoms with Crippen molar-refractivity contribution in [2.24, 2.45) is 5.10 Å². The van der Waals surface area contributed by atoms with Crippen LogP contribution in [0, 0.1) is 5.82 Å². The molecule has 0 aromatic heterocycles. The van der Waals surface area contributed by atoms with Gasteiger partial charge in [0.1, 0.15) is 5.82 Å². The normalized spacial score (nSPS) is 22.0. The fourth-order valence-electron chi connectivity index (χ4n) is 2.73. The second kappa shape index (κ2) is 6.70. The van der Waals surface area contributed by atoms with Gasteiger partial charge in [0.05, 0.1) is 12.8 Å². The predicted molar refractivity (Wildman–Crippen MR) is 79.6 cm³/mol. The number of hydrogen-bond donors (Lipinski definition) is 0. The lowest BCUT2D eigenvalue weighted by Gasteiger charge is -2.33. The first-order valence-corrected chi connectivity index (χ1v) is 7.37. The van der Waals surface area contributed by atoms with Crippen molar-refractivity contribution in [1.82, 2.24) is 5.01 Å². The number of halogens is 1. The van der Waals surface area contributed by atoms with Gasteiger partial charge in [-0.25, -0.2) is 9.18 Å². The first-order valence-electron chi connectivity index (χ1n) is 7.37. The fraction of sp³-hybridized carbons (Fsp3) is 0.500. The number of ether oxygens (including phenoxy) is 1. The summed E-state index contributed by atoms with van der Waals surface area (Å²) in [6, 6.07) is 6.22. The average Bonchev–Trinajstić information content (AvgIpc) is 2.89. The SMILES string of the molecule is CCOC(=O)[C@@]1(CC)CCCN1N=Cc1cccc(F)c1. The van der Waals surface area contributed by atoms with Crippen LogP contribution >= 0.6 is 0 Å². The van der Waals surface area contributed by atoms with Crippen molar-refractivity contribution >= 4 is 12.2 Å². The molecule has 1 aliphatic heterocycles. The number of esters is 1. The van der Waals surface area contributed by atoms with Crippen LogP contribution in [-0.2, 0) is 9.53 Å². The quantitative estimate of drug-likeness (QED) is 0.619. The minimum atomic E-state index is -0.681. The maximum Gasteiger partial charge on any atom is 0.333 e. The summed E-state index contributed by atoms with van der Waals surface area (Å²) in [6.45, 7) is 4.84. The Labute approximate surface area is 124 Å². The standard InChI is InChI=1S/C16H21FN2O2/c1-3-16(15(20)21-4-2)9-6-10-19(16)18-12-13-7-5-8-14(17)11-13/h5,7-8,11-12H,3-4,6,9-10H2,1-2H3/t16-/m1/s1. The topological polar surface area (TPSA) is 41.9 Å². The Balaban J connectivity index is 2.19. The number of carbonyl (C=O) groups is 1. The van der Waals surface area contributed by atoms with Crippen LogP contribution in [0.5, 0.6) is 0 Å². The summed E-state index contributed by atoms with van der Waals surface area (Å²) in [5.74, 6) is -0.520. The average molecular weight is 292 g/mol. The predicted octanol–water partition coefficient (Wildman–Crippen LogP) is 2.97. The van der Waals surface area contributed by atoms with E-state index in [1.165, 1.54) is 12.1 Å². The van der Waals surface area contributed by atoms with Gasteiger partial charge < -0.3 is 4.74 Å². The van der Waals surface area contributed by atoms with Gasteiger partial charge in [-0.1, -0.05) is 19.1 Å². The Bertz CT molecular complexity index is 533. The van der Waals surface area contributed by atoms with Crippen LogP contribution < -0.4 is 0 Å². The molecule has 114 valence electrons. The number of hydrazone groups is 1. The van der Waals surface area contributed by atoms with Crippen LogP contribution in [-0.4, -0.2) is 35.9 Å². The molecule has 1 saturated heterocycles. The third-order valence-electron chi connectivity index (χ3n) is 3.89. The van der Waals surface area contributed by atoms with Crippen molar-refractivity contribution in [3.63, 3.8) is 0 Å². The maximum absolute atomic E-state index is 13.2. The van der Waals surface area contributed by atoms with Crippen molar-refractivity contribution in [1.29, 1.82) is 0 Å². The van der Waals surface area contributed by atoms with E-state index in [0.29, 0.717) is 25.1 Å². The van der Waals surface area contributed by atoms with E-state index in [4.69, 9.17) is 4.74 Å². The van der Waals surface area contributed by atoms with E-state index in [0.717, 1.165) is 12.8 Å². The van der Waals surface area contributed by atoms with Gasteiger partial charge in [0.2, 0.25) is 0 Å². The summed E-state index contributed by atoms with van der Waals surface area (Å²) in [7, 11) is 0. The Kier molecular flexibility index (Phi) is 4.94. The minimum absolute atomic E-state index is 0.221. The van der Waals surface area contributed by atoms with Gasteiger partial charge in [-0.05, 0) is 43.9 Å². The highest BCUT2D eigenvalue weighted by Crippen LogP contribution is 2.34. The summed E-state index contributed by atoms with van der Waals surface area (Å²) in [6.07, 6.45) is 3.88. The zero-order valence-corrected chi connectivity index (χ0v) is 12.5. The maximum atomic E-state index is 13.2. The smallest absolute Gasteiger partial charge is 0.333 e. The first-order chi connectivity index (χ1) is 10.1. The number of rotatable bonds is 5. The molecule has 0 saturated carbocycles. The van der Waals surface area contributed by atoms with Crippen molar-refractivity contribution in [2.45, 2.75) is 38.6 Å². The van der Waals surface area contributed by atoms with Crippen molar-refractivity contribution in [3.8, 4) is 0 Å². The summed E-state index contributed by atoms with van der Waals surface area (Å²) in [4.78, 5) is 12.3. The van der Waals surface area contributed by atoms with E-state index in [1.54, 1.807) is 30.3 Å². The molecule has 1 heterocycles. The second-order valence-electron chi connectivity index (χ2n) is 5.13. The lowest BCUT2D eigenvalue weighted by molar-refractivity contribution is -0.156. The molecule has 0 unspecified atom stereocenters. The van der Waals surface area contributed by atoms with Crippen LogP contribution in [0.1, 0.15) is 38.7 Å². The number of nitrogens with zero attached hydrogens (tertiary/aromatic N) is 2. The zero-order chi connectivity index (χ0) is 15.3. The van der Waals surface area contributed by atoms with Crippen LogP contribution in [0.3, 0.4) is 0 Å². The van der Waals surface area contributed by atoms with Gasteiger partial charge in [-0.15, -0.1) is 0 Å². The molecular weight excluding hydrogens is 271 g/mol. The van der Waals surface area contributed by atoms with E-state index in [-0.39, 0.29) is 11.8 Å². The summed E-state index contributed by atoms with van der Waals surface area (Å²) in [5, 5.41) is 6.19. The lowest BCUT2D eigenvalue weighted by Crippen LogP contribution is -2.48. The van der Waals surface area contributed by atoms with E-state index in [9.17, 15) is 9.18 Å². The molecule has 0 N–H and O–H groups in total. The van der Waals surface area contributed by atoms with Crippen LogP contribution in [0.25, 0.3) is 0 Å². The Hall–Kier alpha value is -1.91. The van der Waals surface area contributed by atoms with E-state index >= 15 is 0 Å². The highest BCUT2D eigenvalue weighted by atomic mass is 19.1. The van der Waals surface area contributed by atoms with E-state index < -0.39 is 5.54 Å². The molecule has 1 fully saturated rings.